The van der Waals surface area contributed by atoms with Crippen molar-refractivity contribution in [1.82, 2.24) is 0 Å². The standard InChI is InChI=1S/C9H8INOS/c1-12-8-4-5-7(13-8)3-2-6(10)9(5)11/h2-4H,11H2,1H3. The predicted octanol–water partition coefficient (Wildman–Crippen LogP) is 3.10. The minimum absolute atomic E-state index is 0.845. The molecule has 2 rings (SSSR count). The van der Waals surface area contributed by atoms with Gasteiger partial charge in [-0.2, -0.15) is 0 Å². The number of hydrogen-bond acceptors (Lipinski definition) is 3. The lowest BCUT2D eigenvalue weighted by Gasteiger charge is -1.97. The molecule has 0 saturated carbocycles. The fourth-order valence-electron chi connectivity index (χ4n) is 1.18. The number of ether oxygens (including phenoxy) is 1. The number of methoxy groups -OCH3 is 1. The van der Waals surface area contributed by atoms with Gasteiger partial charge < -0.3 is 10.5 Å². The van der Waals surface area contributed by atoms with Gasteiger partial charge in [0.05, 0.1) is 12.8 Å². The normalized spacial score (nSPS) is 10.6. The highest BCUT2D eigenvalue weighted by Crippen LogP contribution is 2.36. The Morgan fingerprint density at radius 3 is 2.92 bits per heavy atom. The number of hydrogen-bond donors (Lipinski definition) is 1. The number of benzene rings is 1. The van der Waals surface area contributed by atoms with Crippen LogP contribution in [0.3, 0.4) is 0 Å². The van der Waals surface area contributed by atoms with Gasteiger partial charge in [0.1, 0.15) is 0 Å². The zero-order valence-corrected chi connectivity index (χ0v) is 9.98. The van der Waals surface area contributed by atoms with Crippen LogP contribution in [0.25, 0.3) is 10.1 Å². The van der Waals surface area contributed by atoms with Crippen LogP contribution in [0.5, 0.6) is 5.06 Å². The first kappa shape index (κ1) is 9.08. The van der Waals surface area contributed by atoms with E-state index in [4.69, 9.17) is 10.5 Å². The molecule has 1 aromatic heterocycles. The molecule has 2 N–H and O–H groups in total. The molecule has 0 saturated heterocycles. The van der Waals surface area contributed by atoms with Crippen molar-refractivity contribution >= 4 is 49.7 Å². The Balaban J connectivity index is 2.76. The van der Waals surface area contributed by atoms with Gasteiger partial charge in [0.2, 0.25) is 0 Å². The summed E-state index contributed by atoms with van der Waals surface area (Å²) < 4.78 is 7.42. The molecule has 0 atom stereocenters. The molecule has 0 bridgehead atoms. The number of halogens is 1. The summed E-state index contributed by atoms with van der Waals surface area (Å²) in [4.78, 5) is 0. The Labute approximate surface area is 93.8 Å². The monoisotopic (exact) mass is 305 g/mol. The van der Waals surface area contributed by atoms with Crippen molar-refractivity contribution in [2.75, 3.05) is 12.8 Å². The van der Waals surface area contributed by atoms with E-state index in [0.717, 1.165) is 19.7 Å². The molecule has 1 aromatic carbocycles. The topological polar surface area (TPSA) is 35.2 Å². The molecule has 1 heterocycles. The van der Waals surface area contributed by atoms with Gasteiger partial charge in [-0.1, -0.05) is 11.3 Å². The number of fused-ring (bicyclic) bond motifs is 1. The van der Waals surface area contributed by atoms with E-state index in [2.05, 4.69) is 28.7 Å². The summed E-state index contributed by atoms with van der Waals surface area (Å²) in [6.45, 7) is 0. The molecule has 0 amide bonds. The highest BCUT2D eigenvalue weighted by Gasteiger charge is 2.06. The van der Waals surface area contributed by atoms with E-state index in [0.29, 0.717) is 0 Å². The maximum Gasteiger partial charge on any atom is 0.174 e. The largest absolute Gasteiger partial charge is 0.487 e. The molecule has 2 aromatic rings. The Hall–Kier alpha value is -0.490. The van der Waals surface area contributed by atoms with E-state index in [1.165, 1.54) is 4.70 Å². The summed E-state index contributed by atoms with van der Waals surface area (Å²) in [5.74, 6) is 0. The number of anilines is 1. The van der Waals surface area contributed by atoms with Crippen LogP contribution in [-0.4, -0.2) is 7.11 Å². The minimum atomic E-state index is 0.845. The molecule has 4 heteroatoms. The van der Waals surface area contributed by atoms with Gasteiger partial charge in [-0.15, -0.1) is 0 Å². The predicted molar refractivity (Wildman–Crippen MR) is 65.5 cm³/mol. The lowest BCUT2D eigenvalue weighted by molar-refractivity contribution is 0.427. The smallest absolute Gasteiger partial charge is 0.174 e. The minimum Gasteiger partial charge on any atom is -0.487 e. The van der Waals surface area contributed by atoms with Gasteiger partial charge >= 0.3 is 0 Å². The Morgan fingerprint density at radius 1 is 1.46 bits per heavy atom. The summed E-state index contributed by atoms with van der Waals surface area (Å²) in [5.41, 5.74) is 6.77. The van der Waals surface area contributed by atoms with Crippen LogP contribution in [0.2, 0.25) is 0 Å². The summed E-state index contributed by atoms with van der Waals surface area (Å²) in [5, 5.41) is 2.00. The van der Waals surface area contributed by atoms with Gasteiger partial charge in [0.25, 0.3) is 0 Å². The molecule has 68 valence electrons. The highest BCUT2D eigenvalue weighted by molar-refractivity contribution is 14.1. The van der Waals surface area contributed by atoms with E-state index in [9.17, 15) is 0 Å². The maximum atomic E-state index is 5.93. The molecule has 0 aliphatic carbocycles. The van der Waals surface area contributed by atoms with Crippen LogP contribution in [0, 0.1) is 3.57 Å². The van der Waals surface area contributed by atoms with Crippen molar-refractivity contribution in [2.24, 2.45) is 0 Å². The third-order valence-electron chi connectivity index (χ3n) is 1.87. The lowest BCUT2D eigenvalue weighted by Crippen LogP contribution is -1.88. The quantitative estimate of drug-likeness (QED) is 0.649. The first-order chi connectivity index (χ1) is 6.22. The van der Waals surface area contributed by atoms with Crippen LogP contribution in [-0.2, 0) is 0 Å². The first-order valence-electron chi connectivity index (χ1n) is 3.74. The molecule has 0 radical (unpaired) electrons. The molecule has 0 unspecified atom stereocenters. The molecule has 2 nitrogen and oxygen atoms in total. The van der Waals surface area contributed by atoms with E-state index >= 15 is 0 Å². The van der Waals surface area contributed by atoms with E-state index in [1.807, 2.05) is 12.1 Å². The van der Waals surface area contributed by atoms with Crippen molar-refractivity contribution in [2.45, 2.75) is 0 Å². The van der Waals surface area contributed by atoms with Crippen LogP contribution in [0.1, 0.15) is 0 Å². The highest BCUT2D eigenvalue weighted by atomic mass is 127. The molecule has 0 aliphatic rings. The average molecular weight is 305 g/mol. The third-order valence-corrected chi connectivity index (χ3v) is 3.87. The Kier molecular flexibility index (Phi) is 2.33. The van der Waals surface area contributed by atoms with Gasteiger partial charge in [0, 0.05) is 19.7 Å². The van der Waals surface area contributed by atoms with Crippen LogP contribution < -0.4 is 10.5 Å². The van der Waals surface area contributed by atoms with E-state index in [1.54, 1.807) is 18.4 Å². The van der Waals surface area contributed by atoms with E-state index < -0.39 is 0 Å². The Morgan fingerprint density at radius 2 is 2.23 bits per heavy atom. The third kappa shape index (κ3) is 1.48. The van der Waals surface area contributed by atoms with Crippen molar-refractivity contribution in [3.63, 3.8) is 0 Å². The summed E-state index contributed by atoms with van der Waals surface area (Å²) in [6, 6.07) is 6.08. The molecule has 0 aliphatic heterocycles. The van der Waals surface area contributed by atoms with Crippen molar-refractivity contribution in [3.05, 3.63) is 21.8 Å². The second-order valence-electron chi connectivity index (χ2n) is 2.64. The van der Waals surface area contributed by atoms with E-state index in [-0.39, 0.29) is 0 Å². The number of nitrogen functional groups attached to an aromatic ring is 1. The maximum absolute atomic E-state index is 5.93. The number of thiophene rings is 1. The lowest BCUT2D eigenvalue weighted by atomic mass is 10.2. The molecule has 13 heavy (non-hydrogen) atoms. The summed E-state index contributed by atoms with van der Waals surface area (Å²) in [6.07, 6.45) is 0. The average Bonchev–Trinajstić information content (AvgIpc) is 2.55. The van der Waals surface area contributed by atoms with Crippen LogP contribution >= 0.6 is 33.9 Å². The fraction of sp³-hybridized carbons (Fsp3) is 0.111. The Bertz CT molecular complexity index is 452. The van der Waals surface area contributed by atoms with Gasteiger partial charge in [0.15, 0.2) is 5.06 Å². The van der Waals surface area contributed by atoms with Gasteiger partial charge in [-0.3, -0.25) is 0 Å². The molecule has 0 spiro atoms. The van der Waals surface area contributed by atoms with Crippen LogP contribution in [0.15, 0.2) is 18.2 Å². The van der Waals surface area contributed by atoms with Crippen molar-refractivity contribution in [1.29, 1.82) is 0 Å². The fourth-order valence-corrected chi connectivity index (χ4v) is 2.55. The summed E-state index contributed by atoms with van der Waals surface area (Å²) in [7, 11) is 1.67. The summed E-state index contributed by atoms with van der Waals surface area (Å²) >= 11 is 3.85. The first-order valence-corrected chi connectivity index (χ1v) is 5.63. The second-order valence-corrected chi connectivity index (χ2v) is 4.85. The van der Waals surface area contributed by atoms with Crippen LogP contribution in [0.4, 0.5) is 5.69 Å². The molecular weight excluding hydrogens is 297 g/mol. The zero-order valence-electron chi connectivity index (χ0n) is 7.00. The SMILES string of the molecule is COc1cc2c(N)c(I)ccc2s1. The van der Waals surface area contributed by atoms with Crippen molar-refractivity contribution in [3.8, 4) is 5.06 Å². The number of rotatable bonds is 1. The van der Waals surface area contributed by atoms with Gasteiger partial charge in [-0.05, 0) is 34.7 Å². The zero-order chi connectivity index (χ0) is 9.42. The van der Waals surface area contributed by atoms with Crippen molar-refractivity contribution < 1.29 is 4.74 Å². The second kappa shape index (κ2) is 3.34. The number of nitrogens with two attached hydrogens (primary N) is 1. The molecular formula is C9H8INOS. The van der Waals surface area contributed by atoms with Gasteiger partial charge in [-0.25, -0.2) is 0 Å². The molecule has 0 fully saturated rings.